The number of fused-ring (bicyclic) bond motifs is 1. The summed E-state index contributed by atoms with van der Waals surface area (Å²) in [4.78, 5) is 76.1. The van der Waals surface area contributed by atoms with Crippen LogP contribution in [-0.2, 0) is 41.6 Å². The van der Waals surface area contributed by atoms with E-state index < -0.39 is 72.4 Å². The lowest BCUT2D eigenvalue weighted by atomic mass is 9.80. The van der Waals surface area contributed by atoms with Crippen LogP contribution in [0.4, 0.5) is 0 Å². The van der Waals surface area contributed by atoms with E-state index in [1.165, 1.54) is 24.3 Å². The van der Waals surface area contributed by atoms with Gasteiger partial charge in [-0.1, -0.05) is 73.9 Å². The van der Waals surface area contributed by atoms with Gasteiger partial charge in [-0.05, 0) is 59.7 Å². The molecule has 0 heterocycles. The molecule has 9 N–H and O–H groups in total. The minimum Gasteiger partial charge on any atom is -0.482 e. The van der Waals surface area contributed by atoms with Crippen LogP contribution in [0.15, 0.2) is 66.7 Å². The number of hydrogen-bond acceptors (Lipinski definition) is 9. The monoisotopic (exact) mass is 719 g/mol. The number of aliphatic carboxylic acids is 1. The second-order valence-corrected chi connectivity index (χ2v) is 12.8. The number of benzene rings is 3. The molecule has 1 fully saturated rings. The van der Waals surface area contributed by atoms with Gasteiger partial charge in [-0.2, -0.15) is 0 Å². The molecular formula is C37H45N5O10. The molecule has 5 amide bonds. The summed E-state index contributed by atoms with van der Waals surface area (Å²) < 4.78 is 5.13. The minimum atomic E-state index is -2.42. The molecule has 2 atom stereocenters. The summed E-state index contributed by atoms with van der Waals surface area (Å²) >= 11 is 0. The molecule has 4 rings (SSSR count). The van der Waals surface area contributed by atoms with Crippen LogP contribution in [-0.4, -0.2) is 87.9 Å². The Morgan fingerprint density at radius 1 is 0.808 bits per heavy atom. The maximum atomic E-state index is 14.0. The Balaban J connectivity index is 1.44. The molecule has 0 spiro atoms. The van der Waals surface area contributed by atoms with E-state index in [2.05, 4.69) is 21.3 Å². The van der Waals surface area contributed by atoms with Gasteiger partial charge >= 0.3 is 5.97 Å². The lowest BCUT2D eigenvalue weighted by Gasteiger charge is -2.38. The Labute approximate surface area is 300 Å². The zero-order valence-electron chi connectivity index (χ0n) is 28.6. The Bertz CT molecular complexity index is 1730. The molecule has 3 aromatic rings. The molecule has 15 nitrogen and oxygen atoms in total. The number of rotatable bonds is 18. The molecule has 1 aliphatic rings. The Hall–Kier alpha value is -5.54. The largest absolute Gasteiger partial charge is 0.482 e. The number of primary amides is 1. The molecule has 278 valence electrons. The smallest absolute Gasteiger partial charge is 0.341 e. The number of ether oxygens (including phenoxy) is 1. The number of carboxylic acid groups (broad SMARTS) is 1. The van der Waals surface area contributed by atoms with Crippen LogP contribution in [0.3, 0.4) is 0 Å². The molecule has 0 aromatic heterocycles. The van der Waals surface area contributed by atoms with Crippen molar-refractivity contribution in [1.82, 2.24) is 21.3 Å². The van der Waals surface area contributed by atoms with Crippen molar-refractivity contribution >= 4 is 46.3 Å². The van der Waals surface area contributed by atoms with Crippen molar-refractivity contribution in [3.63, 3.8) is 0 Å². The highest BCUT2D eigenvalue weighted by molar-refractivity contribution is 5.98. The second kappa shape index (κ2) is 18.6. The maximum absolute atomic E-state index is 14.0. The number of nitrogens with one attached hydrogen (secondary N) is 4. The number of carbonyl (C=O) groups excluding carboxylic acids is 5. The number of aliphatic hydroxyl groups is 2. The summed E-state index contributed by atoms with van der Waals surface area (Å²) in [5.41, 5.74) is 5.55. The summed E-state index contributed by atoms with van der Waals surface area (Å²) in [7, 11) is 0. The maximum Gasteiger partial charge on any atom is 0.341 e. The standard InChI is InChI=1S/C37H45N5O10/c38-30(43)21-29(32(46)39-19-7-11-25-10-6-9-24-8-2-3-12-27(24)25)41-36(51)37(17-4-1-5-18-37)42-33(47)28(40-34(48)35(49)50)20-23-13-15-26(16-14-23)52-22-31(44)45/h2-3,6,8-10,12-16,28-29,35,49-50H,1,4-5,7,11,17-22H2,(H2,38,43)(H,39,46)(H,40,48)(H,41,51)(H,42,47)(H,44,45)/t28-,29-/m0/s1. The molecule has 3 aromatic carbocycles. The first-order valence-corrected chi connectivity index (χ1v) is 17.1. The van der Waals surface area contributed by atoms with Crippen molar-refractivity contribution in [3.05, 3.63) is 77.9 Å². The van der Waals surface area contributed by atoms with Crippen LogP contribution in [0.1, 0.15) is 56.1 Å². The third-order valence-electron chi connectivity index (χ3n) is 8.93. The molecule has 0 unspecified atom stereocenters. The first-order chi connectivity index (χ1) is 24.9. The van der Waals surface area contributed by atoms with Crippen molar-refractivity contribution in [2.24, 2.45) is 5.73 Å². The number of hydrogen-bond donors (Lipinski definition) is 8. The predicted octanol–water partition coefficient (Wildman–Crippen LogP) is 0.570. The highest BCUT2D eigenvalue weighted by atomic mass is 16.5. The van der Waals surface area contributed by atoms with Gasteiger partial charge in [0, 0.05) is 13.0 Å². The van der Waals surface area contributed by atoms with Gasteiger partial charge in [0.05, 0.1) is 6.42 Å². The number of amides is 5. The van der Waals surface area contributed by atoms with E-state index in [4.69, 9.17) is 15.6 Å². The lowest BCUT2D eigenvalue weighted by molar-refractivity contribution is -0.150. The zero-order chi connectivity index (χ0) is 37.7. The fourth-order valence-electron chi connectivity index (χ4n) is 6.28. The Morgan fingerprint density at radius 2 is 1.50 bits per heavy atom. The number of aliphatic hydroxyl groups excluding tert-OH is 1. The summed E-state index contributed by atoms with van der Waals surface area (Å²) in [6.07, 6.45) is 0.490. The van der Waals surface area contributed by atoms with Gasteiger partial charge < -0.3 is 47.1 Å². The van der Waals surface area contributed by atoms with E-state index in [9.17, 15) is 39.0 Å². The molecule has 0 radical (unpaired) electrons. The average molecular weight is 720 g/mol. The SMILES string of the molecule is NC(=O)C[C@H](NC(=O)C1(NC(=O)[C@H](Cc2ccc(OCC(=O)O)cc2)NC(=O)C(O)O)CCCCC1)C(=O)NCCCc1cccc2ccccc12. The van der Waals surface area contributed by atoms with Gasteiger partial charge in [-0.3, -0.25) is 24.0 Å². The number of nitrogens with two attached hydrogens (primary N) is 1. The number of aryl methyl sites for hydroxylation is 1. The molecule has 0 saturated heterocycles. The van der Waals surface area contributed by atoms with E-state index in [-0.39, 0.29) is 31.6 Å². The van der Waals surface area contributed by atoms with Gasteiger partial charge in [-0.15, -0.1) is 0 Å². The van der Waals surface area contributed by atoms with E-state index >= 15 is 0 Å². The van der Waals surface area contributed by atoms with Crippen LogP contribution in [0.5, 0.6) is 5.75 Å². The minimum absolute atomic E-state index is 0.146. The summed E-state index contributed by atoms with van der Waals surface area (Å²) in [6, 6.07) is 17.3. The summed E-state index contributed by atoms with van der Waals surface area (Å²) in [5, 5.41) is 40.4. The third kappa shape index (κ3) is 11.2. The first kappa shape index (κ1) is 39.2. The zero-order valence-corrected chi connectivity index (χ0v) is 28.6. The molecule has 0 aliphatic heterocycles. The van der Waals surface area contributed by atoms with E-state index in [1.54, 1.807) is 0 Å². The quantitative estimate of drug-likeness (QED) is 0.0671. The number of carbonyl (C=O) groups is 6. The van der Waals surface area contributed by atoms with Crippen molar-refractivity contribution in [2.45, 2.75) is 81.7 Å². The molecule has 0 bridgehead atoms. The van der Waals surface area contributed by atoms with Crippen LogP contribution in [0, 0.1) is 0 Å². The van der Waals surface area contributed by atoms with Gasteiger partial charge in [0.2, 0.25) is 29.9 Å². The molecule has 1 aliphatic carbocycles. The van der Waals surface area contributed by atoms with Gasteiger partial charge in [0.25, 0.3) is 5.91 Å². The Morgan fingerprint density at radius 3 is 2.17 bits per heavy atom. The highest BCUT2D eigenvalue weighted by Crippen LogP contribution is 2.29. The fourth-order valence-corrected chi connectivity index (χ4v) is 6.28. The fraction of sp³-hybridized carbons (Fsp3) is 0.405. The lowest BCUT2D eigenvalue weighted by Crippen LogP contribution is -2.65. The van der Waals surface area contributed by atoms with Crippen molar-refractivity contribution in [1.29, 1.82) is 0 Å². The molecule has 52 heavy (non-hydrogen) atoms. The first-order valence-electron chi connectivity index (χ1n) is 17.1. The predicted molar refractivity (Wildman–Crippen MR) is 188 cm³/mol. The van der Waals surface area contributed by atoms with Gasteiger partial charge in [0.15, 0.2) is 6.61 Å². The van der Waals surface area contributed by atoms with E-state index in [0.717, 1.165) is 22.8 Å². The summed E-state index contributed by atoms with van der Waals surface area (Å²) in [5.74, 6) is -5.10. The number of carboxylic acids is 1. The van der Waals surface area contributed by atoms with Crippen molar-refractivity contribution < 1.29 is 48.8 Å². The van der Waals surface area contributed by atoms with Gasteiger partial charge in [0.1, 0.15) is 23.4 Å². The van der Waals surface area contributed by atoms with Crippen LogP contribution in [0.2, 0.25) is 0 Å². The van der Waals surface area contributed by atoms with Crippen molar-refractivity contribution in [2.75, 3.05) is 13.2 Å². The van der Waals surface area contributed by atoms with E-state index in [0.29, 0.717) is 31.2 Å². The second-order valence-electron chi connectivity index (χ2n) is 12.8. The normalized spacial score (nSPS) is 14.8. The van der Waals surface area contributed by atoms with Crippen LogP contribution in [0.25, 0.3) is 10.8 Å². The summed E-state index contributed by atoms with van der Waals surface area (Å²) in [6.45, 7) is -0.299. The topological polar surface area (TPSA) is 246 Å². The van der Waals surface area contributed by atoms with E-state index in [1.807, 2.05) is 42.5 Å². The third-order valence-corrected chi connectivity index (χ3v) is 8.93. The van der Waals surface area contributed by atoms with Crippen molar-refractivity contribution in [3.8, 4) is 5.75 Å². The molecule has 15 heteroatoms. The average Bonchev–Trinajstić information content (AvgIpc) is 3.12. The molecular weight excluding hydrogens is 674 g/mol. The van der Waals surface area contributed by atoms with Gasteiger partial charge in [-0.25, -0.2) is 4.79 Å². The Kier molecular flexibility index (Phi) is 14.1. The van der Waals surface area contributed by atoms with Crippen LogP contribution >= 0.6 is 0 Å². The van der Waals surface area contributed by atoms with Crippen LogP contribution < -0.4 is 31.7 Å². The molecule has 1 saturated carbocycles. The highest BCUT2D eigenvalue weighted by Gasteiger charge is 2.43.